The first-order valence-corrected chi connectivity index (χ1v) is 6.07. The number of benzene rings is 1. The van der Waals surface area contributed by atoms with Crippen molar-refractivity contribution in [1.82, 2.24) is 5.32 Å². The van der Waals surface area contributed by atoms with Gasteiger partial charge >= 0.3 is 0 Å². The third-order valence-electron chi connectivity index (χ3n) is 2.68. The number of halogens is 1. The predicted molar refractivity (Wildman–Crippen MR) is 66.4 cm³/mol. The monoisotopic (exact) mass is 235 g/mol. The second kappa shape index (κ2) is 4.76. The summed E-state index contributed by atoms with van der Waals surface area (Å²) in [7, 11) is 1.90. The Bertz CT molecular complexity index is 478. The van der Waals surface area contributed by atoms with Gasteiger partial charge in [0.15, 0.2) is 0 Å². The molecule has 1 N–H and O–H groups in total. The molecule has 0 aliphatic carbocycles. The van der Waals surface area contributed by atoms with E-state index in [0.29, 0.717) is 0 Å². The summed E-state index contributed by atoms with van der Waals surface area (Å²) in [4.78, 5) is 1.27. The van der Waals surface area contributed by atoms with Crippen LogP contribution in [0.4, 0.5) is 4.39 Å². The molecule has 0 saturated heterocycles. The molecule has 2 aromatic rings. The fourth-order valence-electron chi connectivity index (χ4n) is 1.88. The molecule has 1 aromatic heterocycles. The van der Waals surface area contributed by atoms with Crippen molar-refractivity contribution in [3.8, 4) is 0 Å². The second-order valence-electron chi connectivity index (χ2n) is 3.71. The summed E-state index contributed by atoms with van der Waals surface area (Å²) < 4.78 is 13.2. The third kappa shape index (κ3) is 2.15. The molecule has 1 aromatic carbocycles. The Labute approximate surface area is 98.9 Å². The Morgan fingerprint density at radius 2 is 2.12 bits per heavy atom. The van der Waals surface area contributed by atoms with E-state index in [-0.39, 0.29) is 11.9 Å². The average molecular weight is 235 g/mol. The van der Waals surface area contributed by atoms with Crippen LogP contribution < -0.4 is 5.32 Å². The van der Waals surface area contributed by atoms with Gasteiger partial charge in [-0.15, -0.1) is 11.3 Å². The van der Waals surface area contributed by atoms with Gasteiger partial charge in [-0.1, -0.05) is 12.1 Å². The minimum absolute atomic E-state index is 0.0712. The zero-order chi connectivity index (χ0) is 11.5. The quantitative estimate of drug-likeness (QED) is 0.858. The smallest absolute Gasteiger partial charge is 0.123 e. The first-order valence-electron chi connectivity index (χ1n) is 5.19. The van der Waals surface area contributed by atoms with Gasteiger partial charge in [-0.25, -0.2) is 4.39 Å². The standard InChI is InChI=1S/C13H14FNS/c1-9-12(6-7-16-9)13(15-2)10-4-3-5-11(14)8-10/h3-8,13,15H,1-2H3. The van der Waals surface area contributed by atoms with Crippen LogP contribution in [0.5, 0.6) is 0 Å². The van der Waals surface area contributed by atoms with Crippen LogP contribution in [0.1, 0.15) is 22.0 Å². The molecule has 0 radical (unpaired) electrons. The highest BCUT2D eigenvalue weighted by Crippen LogP contribution is 2.27. The van der Waals surface area contributed by atoms with Crippen molar-refractivity contribution in [2.75, 3.05) is 7.05 Å². The zero-order valence-electron chi connectivity index (χ0n) is 9.33. The highest BCUT2D eigenvalue weighted by molar-refractivity contribution is 7.10. The minimum atomic E-state index is -0.189. The van der Waals surface area contributed by atoms with Crippen molar-refractivity contribution in [2.45, 2.75) is 13.0 Å². The van der Waals surface area contributed by atoms with Crippen LogP contribution in [0.2, 0.25) is 0 Å². The lowest BCUT2D eigenvalue weighted by atomic mass is 10.00. The Hall–Kier alpha value is -1.19. The SMILES string of the molecule is CNC(c1cccc(F)c1)c1ccsc1C. The van der Waals surface area contributed by atoms with Gasteiger partial charge in [-0.05, 0) is 48.7 Å². The number of rotatable bonds is 3. The largest absolute Gasteiger partial charge is 0.309 e. The Kier molecular flexibility index (Phi) is 3.36. The normalized spacial score (nSPS) is 12.7. The Morgan fingerprint density at radius 1 is 1.31 bits per heavy atom. The molecule has 0 spiro atoms. The third-order valence-corrected chi connectivity index (χ3v) is 3.54. The molecule has 3 heteroatoms. The van der Waals surface area contributed by atoms with E-state index in [4.69, 9.17) is 0 Å². The topological polar surface area (TPSA) is 12.0 Å². The Morgan fingerprint density at radius 3 is 2.69 bits per heavy atom. The maximum absolute atomic E-state index is 13.2. The van der Waals surface area contributed by atoms with E-state index >= 15 is 0 Å². The summed E-state index contributed by atoms with van der Waals surface area (Å²) >= 11 is 1.71. The molecule has 0 aliphatic heterocycles. The minimum Gasteiger partial charge on any atom is -0.309 e. The van der Waals surface area contributed by atoms with Crippen molar-refractivity contribution in [2.24, 2.45) is 0 Å². The number of nitrogens with one attached hydrogen (secondary N) is 1. The van der Waals surface area contributed by atoms with E-state index in [1.807, 2.05) is 13.1 Å². The van der Waals surface area contributed by atoms with E-state index < -0.39 is 0 Å². The lowest BCUT2D eigenvalue weighted by Gasteiger charge is -2.16. The number of hydrogen-bond donors (Lipinski definition) is 1. The molecule has 1 nitrogen and oxygen atoms in total. The summed E-state index contributed by atoms with van der Waals surface area (Å²) in [6.45, 7) is 2.09. The number of aryl methyl sites for hydroxylation is 1. The molecular weight excluding hydrogens is 221 g/mol. The first kappa shape index (κ1) is 11.3. The van der Waals surface area contributed by atoms with E-state index in [0.717, 1.165) is 5.56 Å². The molecule has 2 rings (SSSR count). The summed E-state index contributed by atoms with van der Waals surface area (Å²) in [5.41, 5.74) is 2.18. The number of thiophene rings is 1. The van der Waals surface area contributed by atoms with Crippen molar-refractivity contribution in [3.63, 3.8) is 0 Å². The maximum Gasteiger partial charge on any atom is 0.123 e. The van der Waals surface area contributed by atoms with Gasteiger partial charge in [-0.2, -0.15) is 0 Å². The molecule has 1 unspecified atom stereocenters. The van der Waals surface area contributed by atoms with Gasteiger partial charge in [0.1, 0.15) is 5.82 Å². The maximum atomic E-state index is 13.2. The Balaban J connectivity index is 2.40. The van der Waals surface area contributed by atoms with Gasteiger partial charge in [0.2, 0.25) is 0 Å². The fourth-order valence-corrected chi connectivity index (χ4v) is 2.62. The number of hydrogen-bond acceptors (Lipinski definition) is 2. The summed E-state index contributed by atoms with van der Waals surface area (Å²) in [5.74, 6) is -0.189. The van der Waals surface area contributed by atoms with Crippen LogP contribution in [-0.4, -0.2) is 7.05 Å². The lowest BCUT2D eigenvalue weighted by Crippen LogP contribution is -2.17. The molecule has 0 fully saturated rings. The molecule has 0 bridgehead atoms. The van der Waals surface area contributed by atoms with Crippen LogP contribution >= 0.6 is 11.3 Å². The van der Waals surface area contributed by atoms with E-state index in [9.17, 15) is 4.39 Å². The van der Waals surface area contributed by atoms with E-state index in [2.05, 4.69) is 23.7 Å². The average Bonchev–Trinajstić information content (AvgIpc) is 2.67. The molecule has 0 amide bonds. The van der Waals surface area contributed by atoms with Gasteiger partial charge in [0, 0.05) is 4.88 Å². The molecule has 0 aliphatic rings. The van der Waals surface area contributed by atoms with Crippen LogP contribution in [0.15, 0.2) is 35.7 Å². The van der Waals surface area contributed by atoms with Gasteiger partial charge < -0.3 is 5.32 Å². The molecule has 16 heavy (non-hydrogen) atoms. The van der Waals surface area contributed by atoms with Crippen LogP contribution in [0.3, 0.4) is 0 Å². The molecule has 1 atom stereocenters. The van der Waals surface area contributed by atoms with Crippen LogP contribution in [-0.2, 0) is 0 Å². The van der Waals surface area contributed by atoms with E-state index in [1.54, 1.807) is 23.5 Å². The van der Waals surface area contributed by atoms with E-state index in [1.165, 1.54) is 16.5 Å². The van der Waals surface area contributed by atoms with Crippen molar-refractivity contribution in [1.29, 1.82) is 0 Å². The van der Waals surface area contributed by atoms with Gasteiger partial charge in [0.25, 0.3) is 0 Å². The zero-order valence-corrected chi connectivity index (χ0v) is 10.1. The molecular formula is C13H14FNS. The molecule has 0 saturated carbocycles. The van der Waals surface area contributed by atoms with Crippen molar-refractivity contribution in [3.05, 3.63) is 57.5 Å². The molecule has 84 valence electrons. The fraction of sp³-hybridized carbons (Fsp3) is 0.231. The van der Waals surface area contributed by atoms with Crippen molar-refractivity contribution < 1.29 is 4.39 Å². The summed E-state index contributed by atoms with van der Waals surface area (Å²) in [6, 6.07) is 8.90. The first-order chi connectivity index (χ1) is 7.72. The lowest BCUT2D eigenvalue weighted by molar-refractivity contribution is 0.616. The molecule has 1 heterocycles. The summed E-state index contributed by atoms with van der Waals surface area (Å²) in [5, 5.41) is 5.29. The van der Waals surface area contributed by atoms with Crippen LogP contribution in [0.25, 0.3) is 0 Å². The predicted octanol–water partition coefficient (Wildman–Crippen LogP) is 3.50. The summed E-state index contributed by atoms with van der Waals surface area (Å²) in [6.07, 6.45) is 0. The second-order valence-corrected chi connectivity index (χ2v) is 4.83. The van der Waals surface area contributed by atoms with Gasteiger partial charge in [-0.3, -0.25) is 0 Å². The highest BCUT2D eigenvalue weighted by atomic mass is 32.1. The van der Waals surface area contributed by atoms with Crippen LogP contribution in [0, 0.1) is 12.7 Å². The van der Waals surface area contributed by atoms with Crippen molar-refractivity contribution >= 4 is 11.3 Å². The van der Waals surface area contributed by atoms with Gasteiger partial charge in [0.05, 0.1) is 6.04 Å². The highest BCUT2D eigenvalue weighted by Gasteiger charge is 2.15.